The van der Waals surface area contributed by atoms with Crippen molar-refractivity contribution in [2.24, 2.45) is 17.8 Å². The Balaban J connectivity index is 1.19. The highest BCUT2D eigenvalue weighted by Gasteiger charge is 2.33. The van der Waals surface area contributed by atoms with Gasteiger partial charge in [-0.3, -0.25) is 9.59 Å². The average molecular weight is 465 g/mol. The molecule has 2 aliphatic rings. The second-order valence-electron chi connectivity index (χ2n) is 9.52. The van der Waals surface area contributed by atoms with Crippen LogP contribution < -0.4 is 10.6 Å². The zero-order valence-electron chi connectivity index (χ0n) is 19.5. The second-order valence-corrected chi connectivity index (χ2v) is 9.52. The van der Waals surface area contributed by atoms with Gasteiger partial charge in [-0.05, 0) is 52.8 Å². The fraction of sp³-hybridized carbons (Fsp3) is 0.444. The SMILES string of the molecule is CC(CNC(=O)OCC1c2ccccc2-c2ccccc21)CC(=O)NCC(CC(=O)O)C1CC1. The van der Waals surface area contributed by atoms with Crippen molar-refractivity contribution in [3.05, 3.63) is 59.7 Å². The summed E-state index contributed by atoms with van der Waals surface area (Å²) in [5.41, 5.74) is 4.68. The summed E-state index contributed by atoms with van der Waals surface area (Å²) in [6.45, 7) is 2.85. The Hall–Kier alpha value is -3.35. The van der Waals surface area contributed by atoms with Crippen LogP contribution >= 0.6 is 0 Å². The van der Waals surface area contributed by atoms with E-state index in [4.69, 9.17) is 9.84 Å². The number of carbonyl (C=O) groups excluding carboxylic acids is 2. The molecule has 0 bridgehead atoms. The molecule has 7 heteroatoms. The highest BCUT2D eigenvalue weighted by molar-refractivity contribution is 5.79. The summed E-state index contributed by atoms with van der Waals surface area (Å²) in [4.78, 5) is 35.6. The molecule has 1 fully saturated rings. The van der Waals surface area contributed by atoms with Crippen LogP contribution in [0.15, 0.2) is 48.5 Å². The first-order valence-electron chi connectivity index (χ1n) is 12.0. The van der Waals surface area contributed by atoms with E-state index in [1.54, 1.807) is 0 Å². The summed E-state index contributed by atoms with van der Waals surface area (Å²) in [5.74, 6) is -0.615. The number of alkyl carbamates (subject to hydrolysis) is 1. The van der Waals surface area contributed by atoms with Crippen molar-refractivity contribution in [1.29, 1.82) is 0 Å². The molecule has 0 spiro atoms. The van der Waals surface area contributed by atoms with Gasteiger partial charge in [0.2, 0.25) is 5.91 Å². The van der Waals surface area contributed by atoms with Gasteiger partial charge in [0.25, 0.3) is 0 Å². The fourth-order valence-corrected chi connectivity index (χ4v) is 4.81. The molecule has 4 rings (SSSR count). The molecule has 34 heavy (non-hydrogen) atoms. The number of hydrogen-bond acceptors (Lipinski definition) is 4. The number of hydrogen-bond donors (Lipinski definition) is 3. The number of fused-ring (bicyclic) bond motifs is 3. The summed E-state index contributed by atoms with van der Waals surface area (Å²) in [6, 6.07) is 16.4. The predicted octanol–water partition coefficient (Wildman–Crippen LogP) is 4.17. The fourth-order valence-electron chi connectivity index (χ4n) is 4.81. The van der Waals surface area contributed by atoms with Crippen molar-refractivity contribution in [3.63, 3.8) is 0 Å². The quantitative estimate of drug-likeness (QED) is 0.463. The van der Waals surface area contributed by atoms with E-state index in [2.05, 4.69) is 34.9 Å². The minimum atomic E-state index is -0.827. The molecule has 0 saturated heterocycles. The molecule has 7 nitrogen and oxygen atoms in total. The third-order valence-electron chi connectivity index (χ3n) is 6.76. The van der Waals surface area contributed by atoms with Crippen LogP contribution in [-0.4, -0.2) is 42.8 Å². The molecule has 0 radical (unpaired) electrons. The van der Waals surface area contributed by atoms with E-state index in [1.165, 1.54) is 11.1 Å². The number of carbonyl (C=O) groups is 3. The summed E-state index contributed by atoms with van der Waals surface area (Å²) in [6.07, 6.45) is 1.92. The third-order valence-corrected chi connectivity index (χ3v) is 6.76. The van der Waals surface area contributed by atoms with Gasteiger partial charge in [-0.1, -0.05) is 55.5 Å². The molecular formula is C27H32N2O5. The van der Waals surface area contributed by atoms with Crippen molar-refractivity contribution >= 4 is 18.0 Å². The van der Waals surface area contributed by atoms with Gasteiger partial charge in [-0.2, -0.15) is 0 Å². The minimum absolute atomic E-state index is 0.00397. The minimum Gasteiger partial charge on any atom is -0.481 e. The van der Waals surface area contributed by atoms with E-state index in [-0.39, 0.29) is 43.1 Å². The average Bonchev–Trinajstić information content (AvgIpc) is 3.62. The van der Waals surface area contributed by atoms with E-state index in [1.807, 2.05) is 31.2 Å². The lowest BCUT2D eigenvalue weighted by Crippen LogP contribution is -2.35. The zero-order chi connectivity index (χ0) is 24.1. The van der Waals surface area contributed by atoms with Gasteiger partial charge in [-0.15, -0.1) is 0 Å². The van der Waals surface area contributed by atoms with E-state index >= 15 is 0 Å². The highest BCUT2D eigenvalue weighted by Crippen LogP contribution is 2.44. The Morgan fingerprint density at radius 3 is 2.15 bits per heavy atom. The van der Waals surface area contributed by atoms with Crippen LogP contribution in [0.25, 0.3) is 11.1 Å². The molecule has 3 N–H and O–H groups in total. The molecule has 1 saturated carbocycles. The molecular weight excluding hydrogens is 432 g/mol. The van der Waals surface area contributed by atoms with Crippen molar-refractivity contribution in [2.45, 2.75) is 38.5 Å². The summed E-state index contributed by atoms with van der Waals surface area (Å²) < 4.78 is 5.54. The van der Waals surface area contributed by atoms with Crippen LogP contribution in [0.3, 0.4) is 0 Å². The summed E-state index contributed by atoms with van der Waals surface area (Å²) in [5, 5.41) is 14.7. The van der Waals surface area contributed by atoms with E-state index in [0.717, 1.165) is 24.0 Å². The zero-order valence-corrected chi connectivity index (χ0v) is 19.5. The van der Waals surface area contributed by atoms with Gasteiger partial charge < -0.3 is 20.5 Å². The van der Waals surface area contributed by atoms with Crippen LogP contribution in [-0.2, 0) is 14.3 Å². The lowest BCUT2D eigenvalue weighted by molar-refractivity contribution is -0.138. The number of nitrogens with one attached hydrogen (secondary N) is 2. The topological polar surface area (TPSA) is 105 Å². The van der Waals surface area contributed by atoms with Gasteiger partial charge in [0, 0.05) is 25.4 Å². The number of benzene rings is 2. The van der Waals surface area contributed by atoms with Crippen LogP contribution in [0.4, 0.5) is 4.79 Å². The van der Waals surface area contributed by atoms with Crippen LogP contribution in [0, 0.1) is 17.8 Å². The van der Waals surface area contributed by atoms with Crippen LogP contribution in [0.5, 0.6) is 0 Å². The third kappa shape index (κ3) is 5.95. The molecule has 0 aromatic heterocycles. The Labute approximate surface area is 199 Å². The molecule has 0 aliphatic heterocycles. The molecule has 2 amide bonds. The summed E-state index contributed by atoms with van der Waals surface area (Å²) >= 11 is 0. The Morgan fingerprint density at radius 2 is 1.56 bits per heavy atom. The van der Waals surface area contributed by atoms with Crippen molar-refractivity contribution < 1.29 is 24.2 Å². The molecule has 0 heterocycles. The maximum absolute atomic E-state index is 12.3. The lowest BCUT2D eigenvalue weighted by atomic mass is 9.98. The Kier molecular flexibility index (Phi) is 7.50. The van der Waals surface area contributed by atoms with Gasteiger partial charge in [0.15, 0.2) is 0 Å². The van der Waals surface area contributed by atoms with E-state index in [0.29, 0.717) is 19.0 Å². The second kappa shape index (κ2) is 10.7. The lowest BCUT2D eigenvalue weighted by Gasteiger charge is -2.17. The molecule has 180 valence electrons. The molecule has 2 unspecified atom stereocenters. The largest absolute Gasteiger partial charge is 0.481 e. The first kappa shape index (κ1) is 23.8. The summed E-state index contributed by atoms with van der Waals surface area (Å²) in [7, 11) is 0. The predicted molar refractivity (Wildman–Crippen MR) is 128 cm³/mol. The number of amides is 2. The number of carboxylic acids is 1. The monoisotopic (exact) mass is 464 g/mol. The van der Waals surface area contributed by atoms with Gasteiger partial charge >= 0.3 is 12.1 Å². The number of ether oxygens (including phenoxy) is 1. The molecule has 2 aromatic carbocycles. The standard InChI is InChI=1S/C27H32N2O5/c1-17(12-25(30)28-15-19(13-26(31)32)18-10-11-18)14-29-27(33)34-16-24-22-8-4-2-6-20(22)21-7-3-5-9-23(21)24/h2-9,17-19,24H,10-16H2,1H3,(H,28,30)(H,29,33)(H,31,32). The van der Waals surface area contributed by atoms with E-state index in [9.17, 15) is 14.4 Å². The van der Waals surface area contributed by atoms with Crippen molar-refractivity contribution in [3.8, 4) is 11.1 Å². The molecule has 2 aliphatic carbocycles. The van der Waals surface area contributed by atoms with Crippen LogP contribution in [0.2, 0.25) is 0 Å². The maximum atomic E-state index is 12.3. The van der Waals surface area contributed by atoms with Gasteiger partial charge in [0.1, 0.15) is 6.61 Å². The number of aliphatic carboxylic acids is 1. The van der Waals surface area contributed by atoms with Crippen molar-refractivity contribution in [2.75, 3.05) is 19.7 Å². The smallest absolute Gasteiger partial charge is 0.407 e. The molecule has 2 aromatic rings. The maximum Gasteiger partial charge on any atom is 0.407 e. The Bertz CT molecular complexity index is 1000. The van der Waals surface area contributed by atoms with Crippen LogP contribution in [0.1, 0.15) is 49.7 Å². The van der Waals surface area contributed by atoms with Gasteiger partial charge in [0.05, 0.1) is 6.42 Å². The Morgan fingerprint density at radius 1 is 0.941 bits per heavy atom. The normalized spacial score (nSPS) is 16.1. The van der Waals surface area contributed by atoms with Gasteiger partial charge in [-0.25, -0.2) is 4.79 Å². The van der Waals surface area contributed by atoms with E-state index < -0.39 is 12.1 Å². The van der Waals surface area contributed by atoms with Crippen molar-refractivity contribution in [1.82, 2.24) is 10.6 Å². The first-order chi connectivity index (χ1) is 16.4. The first-order valence-corrected chi connectivity index (χ1v) is 12.0. The number of carboxylic acid groups (broad SMARTS) is 1. The molecule has 2 atom stereocenters. The number of rotatable bonds is 11. The highest BCUT2D eigenvalue weighted by atomic mass is 16.5.